The third kappa shape index (κ3) is 2.63. The lowest BCUT2D eigenvalue weighted by Crippen LogP contribution is -2.25. The quantitative estimate of drug-likeness (QED) is 0.927. The Morgan fingerprint density at radius 1 is 1.53 bits per heavy atom. The maximum Gasteiger partial charge on any atom is 0.152 e. The Morgan fingerprint density at radius 2 is 2.40 bits per heavy atom. The van der Waals surface area contributed by atoms with Gasteiger partial charge in [0.05, 0.1) is 16.0 Å². The maximum absolute atomic E-state index is 6.00. The molecule has 2 rings (SSSR count). The molecule has 0 unspecified atom stereocenters. The second-order valence-electron chi connectivity index (χ2n) is 3.09. The molecule has 0 saturated heterocycles. The number of hydrogen-bond donors (Lipinski definition) is 1. The zero-order valence-electron chi connectivity index (χ0n) is 7.96. The number of para-hydroxylation sites is 1. The average Bonchev–Trinajstić information content (AvgIpc) is 2.70. The lowest BCUT2D eigenvalue weighted by Gasteiger charge is -2.09. The highest BCUT2D eigenvalue weighted by atomic mass is 79.9. The van der Waals surface area contributed by atoms with E-state index in [1.54, 1.807) is 6.07 Å². The zero-order chi connectivity index (χ0) is 10.7. The number of hydrogen-bond acceptors (Lipinski definition) is 3. The smallest absolute Gasteiger partial charge is 0.152 e. The number of benzene rings is 1. The summed E-state index contributed by atoms with van der Waals surface area (Å²) in [4.78, 5) is 4.23. The van der Waals surface area contributed by atoms with Gasteiger partial charge in [0.15, 0.2) is 5.75 Å². The van der Waals surface area contributed by atoms with E-state index in [0.29, 0.717) is 17.4 Å². The van der Waals surface area contributed by atoms with E-state index in [4.69, 9.17) is 16.3 Å². The number of nitrogens with zero attached hydrogens (tertiary/aromatic N) is 1. The van der Waals surface area contributed by atoms with Crippen LogP contribution in [0.5, 0.6) is 5.75 Å². The van der Waals surface area contributed by atoms with Crippen LogP contribution in [0, 0.1) is 0 Å². The fourth-order valence-corrected chi connectivity index (χ4v) is 2.13. The Hall–Kier alpha value is -0.740. The van der Waals surface area contributed by atoms with Crippen LogP contribution in [0.25, 0.3) is 0 Å². The van der Waals surface area contributed by atoms with E-state index in [-0.39, 0.29) is 0 Å². The average molecular weight is 290 g/mol. The van der Waals surface area contributed by atoms with Crippen LogP contribution < -0.4 is 10.1 Å². The first-order chi connectivity index (χ1) is 7.27. The van der Waals surface area contributed by atoms with E-state index in [9.17, 15) is 0 Å². The molecule has 0 fully saturated rings. The largest absolute Gasteiger partial charge is 0.483 e. The first kappa shape index (κ1) is 10.8. The topological polar surface area (TPSA) is 33.6 Å². The number of ether oxygens (including phenoxy) is 1. The molecule has 1 heterocycles. The van der Waals surface area contributed by atoms with Crippen molar-refractivity contribution in [2.24, 2.45) is 4.99 Å². The molecule has 0 saturated carbocycles. The molecule has 1 N–H and O–H groups in total. The number of aliphatic imine (C=N–C) groups is 1. The monoisotopic (exact) mass is 288 g/mol. The minimum Gasteiger partial charge on any atom is -0.483 e. The van der Waals surface area contributed by atoms with Gasteiger partial charge in [-0.2, -0.15) is 0 Å². The second-order valence-corrected chi connectivity index (χ2v) is 4.36. The van der Waals surface area contributed by atoms with Gasteiger partial charge in [-0.1, -0.05) is 17.7 Å². The Bertz CT molecular complexity index is 375. The van der Waals surface area contributed by atoms with E-state index < -0.39 is 0 Å². The van der Waals surface area contributed by atoms with Crippen LogP contribution in [0.4, 0.5) is 0 Å². The molecular weight excluding hydrogens is 279 g/mol. The molecule has 0 aromatic heterocycles. The Morgan fingerprint density at radius 3 is 3.07 bits per heavy atom. The Labute approximate surface area is 102 Å². The van der Waals surface area contributed by atoms with Crippen molar-refractivity contribution >= 4 is 33.4 Å². The highest BCUT2D eigenvalue weighted by molar-refractivity contribution is 9.10. The fourth-order valence-electron chi connectivity index (χ4n) is 1.30. The van der Waals surface area contributed by atoms with Gasteiger partial charge in [-0.3, -0.25) is 4.99 Å². The SMILES string of the molecule is Clc1cccc(Br)c1OCC1=NCCN1. The molecular formula is C10H10BrClN2O. The van der Waals surface area contributed by atoms with Crippen molar-refractivity contribution in [2.75, 3.05) is 19.7 Å². The number of nitrogens with one attached hydrogen (secondary N) is 1. The molecule has 5 heteroatoms. The van der Waals surface area contributed by atoms with Gasteiger partial charge in [-0.15, -0.1) is 0 Å². The lowest BCUT2D eigenvalue weighted by atomic mass is 10.3. The maximum atomic E-state index is 6.00. The normalized spacial score (nSPS) is 14.7. The van der Waals surface area contributed by atoms with E-state index in [2.05, 4.69) is 26.2 Å². The van der Waals surface area contributed by atoms with E-state index in [0.717, 1.165) is 23.4 Å². The molecule has 1 aliphatic heterocycles. The Balaban J connectivity index is 2.04. The first-order valence-electron chi connectivity index (χ1n) is 4.61. The van der Waals surface area contributed by atoms with Gasteiger partial charge in [-0.05, 0) is 28.1 Å². The minimum atomic E-state index is 0.433. The Kier molecular flexibility index (Phi) is 3.49. The minimum absolute atomic E-state index is 0.433. The third-order valence-corrected chi connectivity index (χ3v) is 2.94. The summed E-state index contributed by atoms with van der Waals surface area (Å²) in [6.07, 6.45) is 0. The number of amidine groups is 1. The summed E-state index contributed by atoms with van der Waals surface area (Å²) >= 11 is 9.39. The summed E-state index contributed by atoms with van der Waals surface area (Å²) in [5.74, 6) is 1.54. The van der Waals surface area contributed by atoms with Crippen LogP contribution >= 0.6 is 27.5 Å². The molecule has 80 valence electrons. The van der Waals surface area contributed by atoms with Crippen molar-refractivity contribution in [3.8, 4) is 5.75 Å². The molecule has 0 atom stereocenters. The predicted molar refractivity (Wildman–Crippen MR) is 65.0 cm³/mol. The predicted octanol–water partition coefficient (Wildman–Crippen LogP) is 2.48. The molecule has 1 aromatic carbocycles. The van der Waals surface area contributed by atoms with Crippen molar-refractivity contribution in [1.29, 1.82) is 0 Å². The molecule has 0 amide bonds. The van der Waals surface area contributed by atoms with Crippen LogP contribution in [-0.4, -0.2) is 25.5 Å². The van der Waals surface area contributed by atoms with Gasteiger partial charge >= 0.3 is 0 Å². The molecule has 1 aromatic rings. The van der Waals surface area contributed by atoms with Crippen LogP contribution in [0.3, 0.4) is 0 Å². The molecule has 0 bridgehead atoms. The van der Waals surface area contributed by atoms with Crippen molar-refractivity contribution < 1.29 is 4.74 Å². The van der Waals surface area contributed by atoms with Crippen LogP contribution in [0.15, 0.2) is 27.7 Å². The third-order valence-electron chi connectivity index (χ3n) is 2.02. The van der Waals surface area contributed by atoms with Crippen molar-refractivity contribution in [1.82, 2.24) is 5.32 Å². The summed E-state index contributed by atoms with van der Waals surface area (Å²) in [5.41, 5.74) is 0. The van der Waals surface area contributed by atoms with Gasteiger partial charge in [0.25, 0.3) is 0 Å². The summed E-state index contributed by atoms with van der Waals surface area (Å²) < 4.78 is 6.43. The molecule has 3 nitrogen and oxygen atoms in total. The summed E-state index contributed by atoms with van der Waals surface area (Å²) in [7, 11) is 0. The highest BCUT2D eigenvalue weighted by Gasteiger charge is 2.09. The fraction of sp³-hybridized carbons (Fsp3) is 0.300. The summed E-state index contributed by atoms with van der Waals surface area (Å²) in [6, 6.07) is 5.56. The van der Waals surface area contributed by atoms with E-state index in [1.165, 1.54) is 0 Å². The molecule has 15 heavy (non-hydrogen) atoms. The highest BCUT2D eigenvalue weighted by Crippen LogP contribution is 2.32. The number of halogens is 2. The van der Waals surface area contributed by atoms with Gasteiger partial charge in [-0.25, -0.2) is 0 Å². The molecule has 0 aliphatic carbocycles. The van der Waals surface area contributed by atoms with Crippen molar-refractivity contribution in [3.63, 3.8) is 0 Å². The molecule has 0 radical (unpaired) electrons. The number of rotatable bonds is 3. The van der Waals surface area contributed by atoms with E-state index in [1.807, 2.05) is 12.1 Å². The van der Waals surface area contributed by atoms with Crippen LogP contribution in [-0.2, 0) is 0 Å². The summed E-state index contributed by atoms with van der Waals surface area (Å²) in [5, 5.41) is 3.73. The van der Waals surface area contributed by atoms with Crippen molar-refractivity contribution in [2.45, 2.75) is 0 Å². The zero-order valence-corrected chi connectivity index (χ0v) is 10.3. The molecule has 0 spiro atoms. The van der Waals surface area contributed by atoms with Crippen molar-refractivity contribution in [3.05, 3.63) is 27.7 Å². The van der Waals surface area contributed by atoms with Gasteiger partial charge in [0, 0.05) is 6.54 Å². The second kappa shape index (κ2) is 4.86. The first-order valence-corrected chi connectivity index (χ1v) is 5.78. The standard InChI is InChI=1S/C10H10BrClN2O/c11-7-2-1-3-8(12)10(7)15-6-9-13-4-5-14-9/h1-3H,4-6H2,(H,13,14). The molecule has 1 aliphatic rings. The lowest BCUT2D eigenvalue weighted by molar-refractivity contribution is 0.371. The van der Waals surface area contributed by atoms with Gasteiger partial charge < -0.3 is 10.1 Å². The van der Waals surface area contributed by atoms with Crippen LogP contribution in [0.1, 0.15) is 0 Å². The van der Waals surface area contributed by atoms with Crippen LogP contribution in [0.2, 0.25) is 5.02 Å². The summed E-state index contributed by atoms with van der Waals surface area (Å²) in [6.45, 7) is 2.15. The van der Waals surface area contributed by atoms with Gasteiger partial charge in [0.1, 0.15) is 12.4 Å². The van der Waals surface area contributed by atoms with Gasteiger partial charge in [0.2, 0.25) is 0 Å². The van der Waals surface area contributed by atoms with E-state index >= 15 is 0 Å².